The molecule has 1 atom stereocenters. The zero-order chi connectivity index (χ0) is 28.9. The van der Waals surface area contributed by atoms with Crippen molar-refractivity contribution in [2.75, 3.05) is 13.4 Å². The van der Waals surface area contributed by atoms with Crippen molar-refractivity contribution in [2.45, 2.75) is 56.1 Å². The average Bonchev–Trinajstić information content (AvgIpc) is 3.33. The zero-order valence-electron chi connectivity index (χ0n) is 23.7. The number of terminal acetylenes is 1. The lowest BCUT2D eigenvalue weighted by molar-refractivity contribution is 0.107. The molecule has 1 aliphatic rings. The first kappa shape index (κ1) is 29.7. The van der Waals surface area contributed by atoms with Gasteiger partial charge in [0, 0.05) is 15.9 Å². The Balaban J connectivity index is 0.00000181. The van der Waals surface area contributed by atoms with Crippen molar-refractivity contribution in [1.82, 2.24) is 0 Å². The molecule has 0 aliphatic heterocycles. The number of carbonyl (C=O) groups excluding carboxylic acids is 1. The Morgan fingerprint density at radius 2 is 1.68 bits per heavy atom. The first-order valence-electron chi connectivity index (χ1n) is 13.7. The third-order valence-corrected chi connectivity index (χ3v) is 10.6. The highest BCUT2D eigenvalue weighted by molar-refractivity contribution is 7.99. The van der Waals surface area contributed by atoms with Gasteiger partial charge in [0.15, 0.2) is 0 Å². The molecule has 6 heteroatoms. The maximum absolute atomic E-state index is 14.3. The van der Waals surface area contributed by atoms with Gasteiger partial charge in [0.05, 0.1) is 12.0 Å². The molecule has 1 saturated carbocycles. The molecule has 0 radical (unpaired) electrons. The Morgan fingerprint density at radius 1 is 1.02 bits per heavy atom. The summed E-state index contributed by atoms with van der Waals surface area (Å²) in [5, 5.41) is 1.18. The van der Waals surface area contributed by atoms with Gasteiger partial charge in [-0.25, -0.2) is 0 Å². The van der Waals surface area contributed by atoms with E-state index in [-0.39, 0.29) is 12.4 Å². The molecule has 0 amide bonds. The summed E-state index contributed by atoms with van der Waals surface area (Å²) in [6, 6.07) is 22.4. The summed E-state index contributed by atoms with van der Waals surface area (Å²) in [4.78, 5) is 15.9. The van der Waals surface area contributed by atoms with Crippen molar-refractivity contribution in [3.63, 3.8) is 0 Å². The van der Waals surface area contributed by atoms with Crippen LogP contribution in [-0.4, -0.2) is 35.8 Å². The highest BCUT2D eigenvalue weighted by Crippen LogP contribution is 2.39. The quantitative estimate of drug-likeness (QED) is 0.122. The highest BCUT2D eigenvalue weighted by Gasteiger charge is 2.36. The minimum absolute atomic E-state index is 0.0791. The molecule has 4 aromatic rings. The minimum Gasteiger partial charge on any atom is -0.497 e. The monoisotopic (exact) mass is 568 g/mol. The number of rotatable bonds is 8. The first-order chi connectivity index (χ1) is 19.3. The molecule has 1 aliphatic carbocycles. The maximum atomic E-state index is 14.3. The van der Waals surface area contributed by atoms with Gasteiger partial charge in [0.1, 0.15) is 11.4 Å². The number of hydrogen-bond donors (Lipinski definition) is 0. The number of methoxy groups -OCH3 is 1. The fourth-order valence-electron chi connectivity index (χ4n) is 5.88. The normalized spacial score (nSPS) is 15.0. The predicted octanol–water partition coefficient (Wildman–Crippen LogP) is 8.17. The molecular weight excluding hydrogens is 531 g/mol. The largest absolute Gasteiger partial charge is 0.497 e. The molecule has 206 valence electrons. The Bertz CT molecular complexity index is 1610. The van der Waals surface area contributed by atoms with Crippen LogP contribution in [0.15, 0.2) is 71.6 Å². The predicted molar refractivity (Wildman–Crippen MR) is 175 cm³/mol. The van der Waals surface area contributed by atoms with Crippen LogP contribution < -0.4 is 4.74 Å². The average molecular weight is 569 g/mol. The van der Waals surface area contributed by atoms with Gasteiger partial charge in [-0.15, -0.1) is 24.2 Å². The second-order valence-corrected chi connectivity index (χ2v) is 14.2. The molecule has 1 heterocycles. The zero-order valence-corrected chi connectivity index (χ0v) is 25.3. The summed E-state index contributed by atoms with van der Waals surface area (Å²) in [7, 11) is -0.553. The molecule has 40 heavy (non-hydrogen) atoms. The maximum Gasteiger partial charge on any atom is 0.238 e. The van der Waals surface area contributed by atoms with Crippen LogP contribution in [0.25, 0.3) is 21.2 Å². The van der Waals surface area contributed by atoms with Crippen molar-refractivity contribution in [3.8, 4) is 29.7 Å². The molecular formula is C34H37BO3S2. The lowest BCUT2D eigenvalue weighted by atomic mass is 9.33. The lowest BCUT2D eigenvalue weighted by Gasteiger charge is -2.27. The number of hydrogen-bond acceptors (Lipinski definition) is 4. The highest BCUT2D eigenvalue weighted by atomic mass is 32.2. The molecule has 5 rings (SSSR count). The van der Waals surface area contributed by atoms with Crippen molar-refractivity contribution in [2.24, 2.45) is 0 Å². The van der Waals surface area contributed by atoms with Crippen LogP contribution in [0.5, 0.6) is 5.75 Å². The van der Waals surface area contributed by atoms with Gasteiger partial charge < -0.3 is 9.53 Å². The third-order valence-electron chi connectivity index (χ3n) is 8.03. The van der Waals surface area contributed by atoms with Crippen LogP contribution in [0.2, 0.25) is 5.82 Å². The van der Waals surface area contributed by atoms with Gasteiger partial charge in [0.25, 0.3) is 0 Å². The van der Waals surface area contributed by atoms with Crippen molar-refractivity contribution >= 4 is 49.2 Å². The molecule has 1 aromatic heterocycles. The molecule has 3 aromatic carbocycles. The Morgan fingerprint density at radius 3 is 2.30 bits per heavy atom. The Kier molecular flexibility index (Phi) is 9.61. The van der Waals surface area contributed by atoms with Gasteiger partial charge >= 0.3 is 0 Å². The number of benzene rings is 3. The van der Waals surface area contributed by atoms with Gasteiger partial charge in [-0.2, -0.15) is 0 Å². The molecule has 0 N–H and O–H groups in total. The van der Waals surface area contributed by atoms with Gasteiger partial charge in [-0.3, -0.25) is 4.21 Å². The van der Waals surface area contributed by atoms with E-state index in [2.05, 4.69) is 49.9 Å². The summed E-state index contributed by atoms with van der Waals surface area (Å²) in [6.07, 6.45) is 16.2. The summed E-state index contributed by atoms with van der Waals surface area (Å²) in [5.41, 5.74) is 4.55. The molecule has 0 bridgehead atoms. The van der Waals surface area contributed by atoms with Crippen molar-refractivity contribution in [1.29, 1.82) is 0 Å². The van der Waals surface area contributed by atoms with Gasteiger partial charge in [-0.05, 0) is 86.6 Å². The fourth-order valence-corrected chi connectivity index (χ4v) is 7.80. The van der Waals surface area contributed by atoms with E-state index in [1.54, 1.807) is 24.7 Å². The standard InChI is InChI=1S/C32H35BO3S2.C2H2/c1-22-28-12-8-9-13-30(28)37-31(22)32(34)33(26-10-6-5-7-11-26)21-25-20-24(16-19-29(25)36-2)23-14-17-27(18-15-23)38(3,4)35;1-2/h8-9,12-20,26H,3,5-7,10-11,21H2,1-2,4H3;1-2H. The van der Waals surface area contributed by atoms with E-state index in [0.717, 1.165) is 50.6 Å². The number of carbonyl (C=O) groups is 1. The number of ether oxygens (including phenoxy) is 1. The van der Waals surface area contributed by atoms with Crippen molar-refractivity contribution in [3.05, 3.63) is 82.7 Å². The summed E-state index contributed by atoms with van der Waals surface area (Å²) in [6.45, 7) is 2.01. The Labute approximate surface area is 244 Å². The molecule has 1 unspecified atom stereocenters. The van der Waals surface area contributed by atoms with Crippen LogP contribution in [0.4, 0.5) is 0 Å². The summed E-state index contributed by atoms with van der Waals surface area (Å²) < 4.78 is 19.3. The molecule has 0 spiro atoms. The van der Waals surface area contributed by atoms with Crippen LogP contribution in [-0.2, 0) is 15.8 Å². The second-order valence-electron chi connectivity index (χ2n) is 10.7. The van der Waals surface area contributed by atoms with Crippen LogP contribution in [0.1, 0.15) is 52.9 Å². The second kappa shape index (κ2) is 12.9. The molecule has 1 fully saturated rings. The molecule has 3 nitrogen and oxygen atoms in total. The van der Waals surface area contributed by atoms with Crippen LogP contribution in [0.3, 0.4) is 0 Å². The summed E-state index contributed by atoms with van der Waals surface area (Å²) >= 11 is 1.64. The SMILES string of the molecule is C#C.C=S(C)(=O)c1ccc(-c2ccc(OC)c(CB(C(=O)c3sc4ccccc4c3C)C3CCCCC3)c2)cc1. The topological polar surface area (TPSA) is 43.4 Å². The fraction of sp³-hybridized carbons (Fsp3) is 0.294. The summed E-state index contributed by atoms with van der Waals surface area (Å²) in [5.74, 6) is 5.00. The third kappa shape index (κ3) is 6.38. The molecule has 0 saturated heterocycles. The van der Waals surface area contributed by atoms with E-state index in [4.69, 9.17) is 4.74 Å². The number of thiophene rings is 1. The smallest absolute Gasteiger partial charge is 0.238 e. The van der Waals surface area contributed by atoms with E-state index in [1.165, 1.54) is 29.3 Å². The van der Waals surface area contributed by atoms with Crippen molar-refractivity contribution < 1.29 is 13.7 Å². The van der Waals surface area contributed by atoms with Gasteiger partial charge in [0.2, 0.25) is 6.71 Å². The van der Waals surface area contributed by atoms with Gasteiger partial charge in [-0.1, -0.05) is 74.3 Å². The van der Waals surface area contributed by atoms with E-state index in [0.29, 0.717) is 12.1 Å². The number of aryl methyl sites for hydroxylation is 1. The van der Waals surface area contributed by atoms with Crippen LogP contribution in [0, 0.1) is 19.8 Å². The van der Waals surface area contributed by atoms with E-state index < -0.39 is 9.52 Å². The minimum atomic E-state index is -2.25. The lowest BCUT2D eigenvalue weighted by Crippen LogP contribution is -2.35. The van der Waals surface area contributed by atoms with Crippen LogP contribution >= 0.6 is 11.3 Å². The Hall–Kier alpha value is -3.27. The number of fused-ring (bicyclic) bond motifs is 1. The van der Waals surface area contributed by atoms with E-state index in [1.807, 2.05) is 42.5 Å². The van der Waals surface area contributed by atoms with E-state index >= 15 is 0 Å². The first-order valence-corrected chi connectivity index (χ1v) is 16.7. The van der Waals surface area contributed by atoms with E-state index in [9.17, 15) is 9.00 Å².